The highest BCUT2D eigenvalue weighted by molar-refractivity contribution is 6.37. The van der Waals surface area contributed by atoms with Crippen LogP contribution in [0.1, 0.15) is 30.5 Å². The lowest BCUT2D eigenvalue weighted by Gasteiger charge is -2.16. The van der Waals surface area contributed by atoms with Crippen molar-refractivity contribution in [3.63, 3.8) is 0 Å². The van der Waals surface area contributed by atoms with Crippen molar-refractivity contribution in [3.05, 3.63) is 83.4 Å². The van der Waals surface area contributed by atoms with Gasteiger partial charge in [-0.1, -0.05) is 42.5 Å². The zero-order valence-electron chi connectivity index (χ0n) is 20.9. The average molecular weight is 472 g/mol. The third kappa shape index (κ3) is 5.66. The first-order valence-corrected chi connectivity index (χ1v) is 12.1. The summed E-state index contributed by atoms with van der Waals surface area (Å²) < 4.78 is 11.6. The van der Waals surface area contributed by atoms with Gasteiger partial charge < -0.3 is 25.0 Å². The van der Waals surface area contributed by atoms with E-state index in [2.05, 4.69) is 53.9 Å². The number of nitrogens with zero attached hydrogens (tertiary/aromatic N) is 1. The fourth-order valence-electron chi connectivity index (χ4n) is 4.10. The normalized spacial score (nSPS) is 13.9. The summed E-state index contributed by atoms with van der Waals surface area (Å²) in [6.07, 6.45) is 0.984. The van der Waals surface area contributed by atoms with E-state index in [-0.39, 0.29) is 5.91 Å². The highest BCUT2D eigenvalue weighted by Crippen LogP contribution is 2.43. The molecular weight excluding hydrogens is 438 g/mol. The molecule has 182 valence electrons. The average Bonchev–Trinajstić information content (AvgIpc) is 3.17. The maximum absolute atomic E-state index is 13.3. The van der Waals surface area contributed by atoms with Crippen molar-refractivity contribution in [2.75, 3.05) is 44.5 Å². The number of fused-ring (bicyclic) bond motifs is 1. The van der Waals surface area contributed by atoms with Gasteiger partial charge in [0.05, 0.1) is 30.2 Å². The Labute approximate surface area is 207 Å². The Bertz CT molecular complexity index is 1200. The van der Waals surface area contributed by atoms with E-state index in [0.717, 1.165) is 35.5 Å². The molecule has 35 heavy (non-hydrogen) atoms. The molecule has 1 aliphatic rings. The summed E-state index contributed by atoms with van der Waals surface area (Å²) in [5.41, 5.74) is 5.94. The molecule has 1 heterocycles. The molecule has 1 aliphatic heterocycles. The molecule has 0 saturated carbocycles. The van der Waals surface area contributed by atoms with Gasteiger partial charge in [-0.15, -0.1) is 0 Å². The largest absolute Gasteiger partial charge is 0.490 e. The van der Waals surface area contributed by atoms with Crippen molar-refractivity contribution < 1.29 is 14.3 Å². The Kier molecular flexibility index (Phi) is 7.73. The first kappa shape index (κ1) is 24.4. The molecule has 1 amide bonds. The molecular formula is C29H33N3O3. The molecule has 0 radical (unpaired) electrons. The van der Waals surface area contributed by atoms with Crippen LogP contribution in [0, 0.1) is 0 Å². The Balaban J connectivity index is 1.77. The van der Waals surface area contributed by atoms with Gasteiger partial charge in [0.15, 0.2) is 11.5 Å². The molecule has 6 heteroatoms. The molecule has 0 aliphatic carbocycles. The van der Waals surface area contributed by atoms with E-state index in [1.54, 1.807) is 0 Å². The number of anilines is 2. The number of rotatable bonds is 10. The summed E-state index contributed by atoms with van der Waals surface area (Å²) in [5.74, 6) is 1.09. The lowest BCUT2D eigenvalue weighted by molar-refractivity contribution is -0.110. The highest BCUT2D eigenvalue weighted by Gasteiger charge is 2.30. The van der Waals surface area contributed by atoms with Gasteiger partial charge in [0.2, 0.25) is 0 Å². The minimum Gasteiger partial charge on any atom is -0.490 e. The summed E-state index contributed by atoms with van der Waals surface area (Å²) in [7, 11) is 4.15. The van der Waals surface area contributed by atoms with Crippen LogP contribution in [0.2, 0.25) is 0 Å². The van der Waals surface area contributed by atoms with Crippen LogP contribution < -0.4 is 20.1 Å². The van der Waals surface area contributed by atoms with Gasteiger partial charge in [0.1, 0.15) is 0 Å². The lowest BCUT2D eigenvalue weighted by atomic mass is 9.99. The van der Waals surface area contributed by atoms with Crippen LogP contribution >= 0.6 is 0 Å². The standard InChI is InChI=1S/C29H33N3O3/c1-5-34-25-18-23-24(19-26(25)35-6-2)31-29(33)27(23)28(21-10-8-7-9-11-21)30-22-14-12-20(13-15-22)16-17-32(3)4/h7-15,18-19,30H,5-6,16-17H2,1-4H3,(H,31,33)/b28-27+. The molecule has 0 unspecified atom stereocenters. The number of carbonyl (C=O) groups excluding carboxylic acids is 1. The van der Waals surface area contributed by atoms with Gasteiger partial charge in [-0.2, -0.15) is 0 Å². The number of likely N-dealkylation sites (N-methyl/N-ethyl adjacent to an activating group) is 1. The van der Waals surface area contributed by atoms with Crippen molar-refractivity contribution in [3.8, 4) is 11.5 Å². The molecule has 2 N–H and O–H groups in total. The minimum absolute atomic E-state index is 0.162. The number of benzene rings is 3. The summed E-state index contributed by atoms with van der Waals surface area (Å²) in [6.45, 7) is 5.87. The molecule has 6 nitrogen and oxygen atoms in total. The maximum Gasteiger partial charge on any atom is 0.258 e. The highest BCUT2D eigenvalue weighted by atomic mass is 16.5. The third-order valence-electron chi connectivity index (χ3n) is 5.81. The molecule has 0 saturated heterocycles. The first-order valence-electron chi connectivity index (χ1n) is 12.1. The van der Waals surface area contributed by atoms with Crippen LogP contribution in [0.3, 0.4) is 0 Å². The molecule has 0 bridgehead atoms. The zero-order valence-corrected chi connectivity index (χ0v) is 20.9. The number of hydrogen-bond donors (Lipinski definition) is 2. The molecule has 0 spiro atoms. The van der Waals surface area contributed by atoms with E-state index in [1.807, 2.05) is 56.3 Å². The first-order chi connectivity index (χ1) is 17.0. The van der Waals surface area contributed by atoms with E-state index in [9.17, 15) is 4.79 Å². The zero-order chi connectivity index (χ0) is 24.8. The summed E-state index contributed by atoms with van der Waals surface area (Å²) in [4.78, 5) is 15.5. The van der Waals surface area contributed by atoms with Gasteiger partial charge >= 0.3 is 0 Å². The smallest absolute Gasteiger partial charge is 0.258 e. The number of carbonyl (C=O) groups is 1. The topological polar surface area (TPSA) is 62.8 Å². The molecule has 4 rings (SSSR count). The summed E-state index contributed by atoms with van der Waals surface area (Å²) >= 11 is 0. The Morgan fingerprint density at radius 3 is 2.20 bits per heavy atom. The predicted molar refractivity (Wildman–Crippen MR) is 143 cm³/mol. The van der Waals surface area contributed by atoms with Crippen LogP contribution in [0.15, 0.2) is 66.7 Å². The number of ether oxygens (including phenoxy) is 2. The van der Waals surface area contributed by atoms with Crippen molar-refractivity contribution in [1.82, 2.24) is 4.90 Å². The fraction of sp³-hybridized carbons (Fsp3) is 0.276. The van der Waals surface area contributed by atoms with Crippen LogP contribution in [0.5, 0.6) is 11.5 Å². The van der Waals surface area contributed by atoms with Crippen LogP contribution in [0.4, 0.5) is 11.4 Å². The van der Waals surface area contributed by atoms with Gasteiger partial charge in [-0.05, 0) is 63.7 Å². The van der Waals surface area contributed by atoms with Gasteiger partial charge in [-0.3, -0.25) is 4.79 Å². The predicted octanol–water partition coefficient (Wildman–Crippen LogP) is 5.52. The fourth-order valence-corrected chi connectivity index (χ4v) is 4.10. The van der Waals surface area contributed by atoms with Crippen LogP contribution in [-0.4, -0.2) is 44.7 Å². The second kappa shape index (κ2) is 11.1. The minimum atomic E-state index is -0.162. The number of amides is 1. The van der Waals surface area contributed by atoms with Crippen molar-refractivity contribution in [2.24, 2.45) is 0 Å². The second-order valence-corrected chi connectivity index (χ2v) is 8.66. The van der Waals surface area contributed by atoms with E-state index >= 15 is 0 Å². The molecule has 3 aromatic rings. The lowest BCUT2D eigenvalue weighted by Crippen LogP contribution is -2.15. The van der Waals surface area contributed by atoms with Crippen LogP contribution in [0.25, 0.3) is 11.3 Å². The molecule has 0 atom stereocenters. The number of nitrogens with one attached hydrogen (secondary N) is 2. The monoisotopic (exact) mass is 471 g/mol. The van der Waals surface area contributed by atoms with Gasteiger partial charge in [-0.25, -0.2) is 0 Å². The van der Waals surface area contributed by atoms with E-state index in [1.165, 1.54) is 5.56 Å². The van der Waals surface area contributed by atoms with E-state index < -0.39 is 0 Å². The SMILES string of the molecule is CCOc1cc2c(cc1OCC)/C(=C(\Nc1ccc(CCN(C)C)cc1)c1ccccc1)C(=O)N2. The maximum atomic E-state index is 13.3. The molecule has 3 aromatic carbocycles. The second-order valence-electron chi connectivity index (χ2n) is 8.66. The third-order valence-corrected chi connectivity index (χ3v) is 5.81. The molecule has 0 fully saturated rings. The Morgan fingerprint density at radius 1 is 0.914 bits per heavy atom. The summed E-state index contributed by atoms with van der Waals surface area (Å²) in [6, 6.07) is 22.0. The van der Waals surface area contributed by atoms with E-state index in [0.29, 0.717) is 36.0 Å². The Hall–Kier alpha value is -3.77. The van der Waals surface area contributed by atoms with Crippen LogP contribution in [-0.2, 0) is 11.2 Å². The van der Waals surface area contributed by atoms with E-state index in [4.69, 9.17) is 9.47 Å². The number of hydrogen-bond acceptors (Lipinski definition) is 5. The van der Waals surface area contributed by atoms with Crippen molar-refractivity contribution in [1.29, 1.82) is 0 Å². The van der Waals surface area contributed by atoms with Gasteiger partial charge in [0.25, 0.3) is 5.91 Å². The summed E-state index contributed by atoms with van der Waals surface area (Å²) in [5, 5.41) is 6.54. The van der Waals surface area contributed by atoms with Crippen molar-refractivity contribution >= 4 is 28.6 Å². The molecule has 0 aromatic heterocycles. The Morgan fingerprint density at radius 2 is 1.57 bits per heavy atom. The quantitative estimate of drug-likeness (QED) is 0.381. The van der Waals surface area contributed by atoms with Gasteiger partial charge in [0, 0.05) is 23.9 Å². The van der Waals surface area contributed by atoms with Crippen molar-refractivity contribution in [2.45, 2.75) is 20.3 Å².